The van der Waals surface area contributed by atoms with Crippen molar-refractivity contribution >= 4 is 22.6 Å². The fraction of sp³-hybridized carbons (Fsp3) is 0.387. The molecule has 0 spiro atoms. The maximum atomic E-state index is 13.2. The minimum Gasteiger partial charge on any atom is -0.497 e. The highest BCUT2D eigenvalue weighted by Crippen LogP contribution is 2.31. The van der Waals surface area contributed by atoms with Gasteiger partial charge >= 0.3 is 0 Å². The molecule has 1 amide bonds. The van der Waals surface area contributed by atoms with Crippen molar-refractivity contribution in [1.29, 1.82) is 0 Å². The molecule has 0 saturated carbocycles. The van der Waals surface area contributed by atoms with Gasteiger partial charge in [0, 0.05) is 37.4 Å². The number of imidazole rings is 1. The van der Waals surface area contributed by atoms with E-state index in [1.54, 1.807) is 20.4 Å². The summed E-state index contributed by atoms with van der Waals surface area (Å²) in [6.07, 6.45) is 4.75. The van der Waals surface area contributed by atoms with Gasteiger partial charge in [-0.3, -0.25) is 9.59 Å². The Morgan fingerprint density at radius 2 is 1.88 bits per heavy atom. The summed E-state index contributed by atoms with van der Waals surface area (Å²) in [7, 11) is 3.29. The van der Waals surface area contributed by atoms with Crippen molar-refractivity contribution in [2.24, 2.45) is 0 Å². The van der Waals surface area contributed by atoms with Crippen LogP contribution in [0.1, 0.15) is 41.3 Å². The molecule has 10 heteroatoms. The first-order chi connectivity index (χ1) is 19.9. The number of hydrogen-bond acceptors (Lipinski definition) is 7. The largest absolute Gasteiger partial charge is 0.497 e. The Morgan fingerprint density at radius 1 is 1.05 bits per heavy atom. The maximum absolute atomic E-state index is 13.2. The second kappa shape index (κ2) is 11.3. The zero-order valence-electron chi connectivity index (χ0n) is 23.8. The first-order valence-corrected chi connectivity index (χ1v) is 14.2. The summed E-state index contributed by atoms with van der Waals surface area (Å²) >= 11 is 0. The fourth-order valence-corrected chi connectivity index (χ4v) is 5.97. The van der Waals surface area contributed by atoms with Crippen molar-refractivity contribution in [3.8, 4) is 22.9 Å². The van der Waals surface area contributed by atoms with E-state index in [2.05, 4.69) is 20.2 Å². The molecule has 1 fully saturated rings. The molecule has 3 N–H and O–H groups in total. The number of methoxy groups -OCH3 is 2. The van der Waals surface area contributed by atoms with Gasteiger partial charge in [-0.25, -0.2) is 4.98 Å². The van der Waals surface area contributed by atoms with Crippen molar-refractivity contribution < 1.29 is 14.3 Å². The third-order valence-electron chi connectivity index (χ3n) is 8.08. The lowest BCUT2D eigenvalue weighted by atomic mass is 10.0. The van der Waals surface area contributed by atoms with E-state index in [1.807, 2.05) is 48.2 Å². The molecule has 41 heavy (non-hydrogen) atoms. The van der Waals surface area contributed by atoms with Gasteiger partial charge in [-0.1, -0.05) is 0 Å². The number of aromatic nitrogens is 3. The van der Waals surface area contributed by atoms with Gasteiger partial charge in [0.05, 0.1) is 30.9 Å². The molecular formula is C31H36N6O4. The number of pyridine rings is 1. The van der Waals surface area contributed by atoms with E-state index < -0.39 is 0 Å². The number of nitrogens with one attached hydrogen (secondary N) is 3. The van der Waals surface area contributed by atoms with Gasteiger partial charge < -0.3 is 34.6 Å². The molecule has 1 saturated heterocycles. The second-order valence-electron chi connectivity index (χ2n) is 10.9. The summed E-state index contributed by atoms with van der Waals surface area (Å²) in [5.41, 5.74) is 4.98. The summed E-state index contributed by atoms with van der Waals surface area (Å²) in [6, 6.07) is 11.4. The van der Waals surface area contributed by atoms with Crippen molar-refractivity contribution in [1.82, 2.24) is 24.8 Å². The standard InChI is InChI=1S/C31H36N6O4/c1-19(14-20-15-22(40-2)6-7-27(20)41-3)33-24-8-9-32-30(38)28(24)29-34-25-16-21-18-37(13-12-36-10-4-5-11-36)31(39)23(21)17-26(25)35-29/h6-9,15-17,19H,4-5,10-14,18H2,1-3H3,(H,34,35)(H2,32,33,38). The smallest absolute Gasteiger partial charge is 0.261 e. The molecule has 1 unspecified atom stereocenters. The minimum absolute atomic E-state index is 0.0334. The number of carbonyl (C=O) groups is 1. The number of carbonyl (C=O) groups excluding carboxylic acids is 1. The van der Waals surface area contributed by atoms with E-state index in [4.69, 9.17) is 14.5 Å². The molecule has 10 nitrogen and oxygen atoms in total. The number of aromatic amines is 2. The molecule has 1 atom stereocenters. The highest BCUT2D eigenvalue weighted by atomic mass is 16.5. The summed E-state index contributed by atoms with van der Waals surface area (Å²) in [4.78, 5) is 41.5. The number of fused-ring (bicyclic) bond motifs is 2. The lowest BCUT2D eigenvalue weighted by molar-refractivity contribution is 0.0763. The highest BCUT2D eigenvalue weighted by Gasteiger charge is 2.29. The van der Waals surface area contributed by atoms with Crippen LogP contribution in [0.3, 0.4) is 0 Å². The van der Waals surface area contributed by atoms with Gasteiger partial charge in [0.2, 0.25) is 0 Å². The monoisotopic (exact) mass is 556 g/mol. The van der Waals surface area contributed by atoms with Gasteiger partial charge in [0.25, 0.3) is 11.5 Å². The number of nitrogens with zero attached hydrogens (tertiary/aromatic N) is 3. The second-order valence-corrected chi connectivity index (χ2v) is 10.9. The first kappa shape index (κ1) is 26.9. The first-order valence-electron chi connectivity index (χ1n) is 14.2. The Morgan fingerprint density at radius 3 is 2.66 bits per heavy atom. The van der Waals surface area contributed by atoms with Crippen LogP contribution in [-0.2, 0) is 13.0 Å². The van der Waals surface area contributed by atoms with Gasteiger partial charge in [0.1, 0.15) is 22.9 Å². The lowest BCUT2D eigenvalue weighted by Gasteiger charge is -2.20. The molecule has 0 radical (unpaired) electrons. The highest BCUT2D eigenvalue weighted by molar-refractivity contribution is 6.02. The number of ether oxygens (including phenoxy) is 2. The van der Waals surface area contributed by atoms with Crippen molar-refractivity contribution in [2.75, 3.05) is 45.7 Å². The van der Waals surface area contributed by atoms with Crippen LogP contribution in [0.4, 0.5) is 5.69 Å². The molecular weight excluding hydrogens is 520 g/mol. The van der Waals surface area contributed by atoms with Gasteiger partial charge in [-0.2, -0.15) is 0 Å². The Bertz CT molecular complexity index is 1640. The maximum Gasteiger partial charge on any atom is 0.261 e. The topological polar surface area (TPSA) is 116 Å². The van der Waals surface area contributed by atoms with Gasteiger partial charge in [-0.05, 0) is 86.8 Å². The van der Waals surface area contributed by atoms with E-state index in [0.29, 0.717) is 41.1 Å². The lowest BCUT2D eigenvalue weighted by Crippen LogP contribution is -2.33. The number of amides is 1. The summed E-state index contributed by atoms with van der Waals surface area (Å²) < 4.78 is 10.9. The Kier molecular flexibility index (Phi) is 7.40. The van der Waals surface area contributed by atoms with Crippen molar-refractivity contribution in [3.63, 3.8) is 0 Å². The number of anilines is 1. The Labute approximate surface area is 238 Å². The molecule has 6 rings (SSSR count). The molecule has 0 aliphatic carbocycles. The molecule has 0 bridgehead atoms. The molecule has 2 aromatic heterocycles. The van der Waals surface area contributed by atoms with E-state index >= 15 is 0 Å². The van der Waals surface area contributed by atoms with Crippen LogP contribution in [-0.4, -0.2) is 77.1 Å². The van der Waals surface area contributed by atoms with Crippen molar-refractivity contribution in [3.05, 3.63) is 69.6 Å². The van der Waals surface area contributed by atoms with Gasteiger partial charge in [-0.15, -0.1) is 0 Å². The van der Waals surface area contributed by atoms with Gasteiger partial charge in [0.15, 0.2) is 0 Å². The molecule has 4 heterocycles. The Balaban J connectivity index is 1.23. The zero-order chi connectivity index (χ0) is 28.5. The number of likely N-dealkylation sites (tertiary alicyclic amines) is 1. The fourth-order valence-electron chi connectivity index (χ4n) is 5.97. The number of benzene rings is 2. The van der Waals surface area contributed by atoms with E-state index in [1.165, 1.54) is 12.8 Å². The molecule has 2 aromatic carbocycles. The van der Waals surface area contributed by atoms with Crippen LogP contribution in [0.15, 0.2) is 47.4 Å². The molecule has 2 aliphatic rings. The SMILES string of the molecule is COc1ccc(OC)c(CC(C)Nc2cc[nH]c(=O)c2-c2nc3cc4c(cc3[nH]2)CN(CCN2CCCC2)C4=O)c1. The molecule has 2 aliphatic heterocycles. The van der Waals surface area contributed by atoms with E-state index in [0.717, 1.165) is 54.3 Å². The third-order valence-corrected chi connectivity index (χ3v) is 8.08. The number of hydrogen-bond donors (Lipinski definition) is 3. The van der Waals surface area contributed by atoms with E-state index in [-0.39, 0.29) is 17.5 Å². The average molecular weight is 557 g/mol. The normalized spacial score (nSPS) is 15.9. The van der Waals surface area contributed by atoms with Crippen LogP contribution in [0.2, 0.25) is 0 Å². The minimum atomic E-state index is -0.253. The summed E-state index contributed by atoms with van der Waals surface area (Å²) in [5, 5.41) is 3.49. The summed E-state index contributed by atoms with van der Waals surface area (Å²) in [6.45, 7) is 6.52. The quantitative estimate of drug-likeness (QED) is 0.270. The van der Waals surface area contributed by atoms with E-state index in [9.17, 15) is 9.59 Å². The van der Waals surface area contributed by atoms with Crippen LogP contribution < -0.4 is 20.3 Å². The average Bonchev–Trinajstić information content (AvgIpc) is 3.70. The molecule has 214 valence electrons. The number of rotatable bonds is 10. The Hall–Kier alpha value is -4.31. The van der Waals surface area contributed by atoms with Crippen LogP contribution in [0.5, 0.6) is 11.5 Å². The summed E-state index contributed by atoms with van der Waals surface area (Å²) in [5.74, 6) is 2.04. The number of H-pyrrole nitrogens is 2. The predicted octanol–water partition coefficient (Wildman–Crippen LogP) is 4.03. The van der Waals surface area contributed by atoms with Crippen LogP contribution >= 0.6 is 0 Å². The van der Waals surface area contributed by atoms with Crippen molar-refractivity contribution in [2.45, 2.75) is 38.8 Å². The van der Waals surface area contributed by atoms with Crippen LogP contribution in [0.25, 0.3) is 22.4 Å². The third kappa shape index (κ3) is 5.39. The van der Waals surface area contributed by atoms with Crippen LogP contribution in [0, 0.1) is 0 Å². The molecule has 4 aromatic rings. The predicted molar refractivity (Wildman–Crippen MR) is 159 cm³/mol. The zero-order valence-corrected chi connectivity index (χ0v) is 23.8.